The van der Waals surface area contributed by atoms with Gasteiger partial charge in [-0.25, -0.2) is 4.79 Å². The fraction of sp³-hybridized carbons (Fsp3) is 0.417. The minimum atomic E-state index is -0.117. The lowest BCUT2D eigenvalue weighted by Crippen LogP contribution is -2.43. The Kier molecular flexibility index (Phi) is 7.71. The Morgan fingerprint density at radius 1 is 1.07 bits per heavy atom. The molecule has 1 aliphatic rings. The van der Waals surface area contributed by atoms with Gasteiger partial charge in [0, 0.05) is 25.2 Å². The summed E-state index contributed by atoms with van der Waals surface area (Å²) in [5, 5.41) is 5.97. The lowest BCUT2D eigenvalue weighted by molar-refractivity contribution is 0.0938. The lowest BCUT2D eigenvalue weighted by Gasteiger charge is -2.32. The molecule has 2 N–H and O–H groups in total. The predicted molar refractivity (Wildman–Crippen MR) is 119 cm³/mol. The number of para-hydroxylation sites is 2. The van der Waals surface area contributed by atoms with Crippen molar-refractivity contribution < 1.29 is 14.3 Å². The number of amides is 3. The van der Waals surface area contributed by atoms with E-state index in [-0.39, 0.29) is 11.9 Å². The van der Waals surface area contributed by atoms with E-state index in [9.17, 15) is 9.59 Å². The number of hydrogen-bond acceptors (Lipinski definition) is 3. The number of carbonyl (C=O) groups is 2. The summed E-state index contributed by atoms with van der Waals surface area (Å²) in [6.07, 6.45) is 3.87. The highest BCUT2D eigenvalue weighted by Crippen LogP contribution is 2.24. The van der Waals surface area contributed by atoms with Crippen LogP contribution in [0.25, 0.3) is 0 Å². The maximum absolute atomic E-state index is 12.6. The molecule has 2 aromatic carbocycles. The van der Waals surface area contributed by atoms with Crippen molar-refractivity contribution in [2.75, 3.05) is 32.1 Å². The number of urea groups is 1. The molecule has 6 nitrogen and oxygen atoms in total. The molecule has 1 aliphatic heterocycles. The molecule has 0 saturated carbocycles. The third-order valence-corrected chi connectivity index (χ3v) is 5.56. The molecule has 1 saturated heterocycles. The molecule has 3 rings (SSSR count). The van der Waals surface area contributed by atoms with Gasteiger partial charge >= 0.3 is 6.03 Å². The maximum atomic E-state index is 12.6. The quantitative estimate of drug-likeness (QED) is 0.715. The van der Waals surface area contributed by atoms with Crippen LogP contribution >= 0.6 is 0 Å². The summed E-state index contributed by atoms with van der Waals surface area (Å²) in [5.74, 6) is 0.990. The molecule has 1 heterocycles. The van der Waals surface area contributed by atoms with Crippen molar-refractivity contribution >= 4 is 17.6 Å². The number of hydrogen-bond donors (Lipinski definition) is 2. The van der Waals surface area contributed by atoms with Crippen LogP contribution in [0, 0.1) is 5.92 Å². The Morgan fingerprint density at radius 3 is 2.43 bits per heavy atom. The van der Waals surface area contributed by atoms with Gasteiger partial charge < -0.3 is 20.3 Å². The van der Waals surface area contributed by atoms with Crippen molar-refractivity contribution in [3.8, 4) is 5.75 Å². The summed E-state index contributed by atoms with van der Waals surface area (Å²) in [6.45, 7) is 4.13. The number of piperidine rings is 1. The molecule has 3 amide bonds. The van der Waals surface area contributed by atoms with Gasteiger partial charge in [-0.1, -0.05) is 37.6 Å². The van der Waals surface area contributed by atoms with Gasteiger partial charge in [0.15, 0.2) is 0 Å². The molecule has 6 heteroatoms. The van der Waals surface area contributed by atoms with Crippen molar-refractivity contribution in [2.45, 2.75) is 32.6 Å². The Labute approximate surface area is 178 Å². The number of anilines is 1. The first-order chi connectivity index (χ1) is 14.6. The van der Waals surface area contributed by atoms with Crippen LogP contribution in [0.2, 0.25) is 0 Å². The second-order valence-corrected chi connectivity index (χ2v) is 7.72. The largest absolute Gasteiger partial charge is 0.495 e. The van der Waals surface area contributed by atoms with E-state index in [1.165, 1.54) is 5.56 Å². The van der Waals surface area contributed by atoms with Crippen LogP contribution < -0.4 is 15.4 Å². The third-order valence-electron chi connectivity index (χ3n) is 5.56. The number of rotatable bonds is 7. The zero-order chi connectivity index (χ0) is 21.3. The van der Waals surface area contributed by atoms with Crippen LogP contribution in [0.4, 0.5) is 10.5 Å². The van der Waals surface area contributed by atoms with Crippen LogP contribution in [0.3, 0.4) is 0 Å². The highest BCUT2D eigenvalue weighted by Gasteiger charge is 2.23. The normalized spacial score (nSPS) is 14.3. The number of likely N-dealkylation sites (tertiary alicyclic amines) is 1. The molecular weight excluding hydrogens is 378 g/mol. The summed E-state index contributed by atoms with van der Waals surface area (Å²) in [4.78, 5) is 26.8. The number of methoxy groups -OCH3 is 1. The van der Waals surface area contributed by atoms with Crippen molar-refractivity contribution in [1.82, 2.24) is 10.2 Å². The Bertz CT molecular complexity index is 843. The second kappa shape index (κ2) is 10.7. The van der Waals surface area contributed by atoms with E-state index in [0.29, 0.717) is 42.6 Å². The molecule has 0 unspecified atom stereocenters. The van der Waals surface area contributed by atoms with Crippen LogP contribution in [0.5, 0.6) is 5.75 Å². The van der Waals surface area contributed by atoms with Crippen LogP contribution in [0.1, 0.15) is 42.1 Å². The van der Waals surface area contributed by atoms with Gasteiger partial charge in [0.25, 0.3) is 5.91 Å². The first kappa shape index (κ1) is 21.7. The average Bonchev–Trinajstić information content (AvgIpc) is 2.79. The molecule has 0 aliphatic carbocycles. The van der Waals surface area contributed by atoms with Crippen molar-refractivity contribution in [2.24, 2.45) is 5.92 Å². The van der Waals surface area contributed by atoms with E-state index in [4.69, 9.17) is 4.74 Å². The van der Waals surface area contributed by atoms with Gasteiger partial charge in [0.1, 0.15) is 5.75 Å². The van der Waals surface area contributed by atoms with Crippen molar-refractivity contribution in [3.63, 3.8) is 0 Å². The summed E-state index contributed by atoms with van der Waals surface area (Å²) >= 11 is 0. The van der Waals surface area contributed by atoms with Crippen LogP contribution in [-0.2, 0) is 6.42 Å². The van der Waals surface area contributed by atoms with E-state index in [1.54, 1.807) is 7.11 Å². The SMILES string of the molecule is CCCc1ccc(C(=O)NCC2CCN(C(=O)Nc3ccccc3OC)CC2)cc1. The zero-order valence-corrected chi connectivity index (χ0v) is 17.8. The number of aryl methyl sites for hydroxylation is 1. The van der Waals surface area contributed by atoms with E-state index >= 15 is 0 Å². The first-order valence-electron chi connectivity index (χ1n) is 10.7. The van der Waals surface area contributed by atoms with Gasteiger partial charge in [-0.15, -0.1) is 0 Å². The molecule has 0 bridgehead atoms. The monoisotopic (exact) mass is 409 g/mol. The summed E-state index contributed by atoms with van der Waals surface area (Å²) in [6, 6.07) is 15.1. The number of nitrogens with one attached hydrogen (secondary N) is 2. The molecule has 160 valence electrons. The fourth-order valence-corrected chi connectivity index (χ4v) is 3.73. The highest BCUT2D eigenvalue weighted by atomic mass is 16.5. The topological polar surface area (TPSA) is 70.7 Å². The van der Waals surface area contributed by atoms with Gasteiger partial charge in [0.05, 0.1) is 12.8 Å². The second-order valence-electron chi connectivity index (χ2n) is 7.72. The molecule has 0 radical (unpaired) electrons. The van der Waals surface area contributed by atoms with Crippen LogP contribution in [0.15, 0.2) is 48.5 Å². The maximum Gasteiger partial charge on any atom is 0.321 e. The standard InChI is InChI=1S/C24H31N3O3/c1-3-6-18-9-11-20(12-10-18)23(28)25-17-19-13-15-27(16-14-19)24(29)26-21-7-4-5-8-22(21)30-2/h4-5,7-12,19H,3,6,13-17H2,1-2H3,(H,25,28)(H,26,29). The first-order valence-corrected chi connectivity index (χ1v) is 10.7. The summed E-state index contributed by atoms with van der Waals surface area (Å²) < 4.78 is 5.29. The summed E-state index contributed by atoms with van der Waals surface area (Å²) in [7, 11) is 1.59. The van der Waals surface area contributed by atoms with E-state index < -0.39 is 0 Å². The molecule has 2 aromatic rings. The molecule has 1 fully saturated rings. The molecule has 0 atom stereocenters. The number of carbonyl (C=O) groups excluding carboxylic acids is 2. The van der Waals surface area contributed by atoms with Gasteiger partial charge in [-0.2, -0.15) is 0 Å². The summed E-state index contributed by atoms with van der Waals surface area (Å²) in [5.41, 5.74) is 2.63. The minimum absolute atomic E-state index is 0.0330. The molecular formula is C24H31N3O3. The molecule has 30 heavy (non-hydrogen) atoms. The number of ether oxygens (including phenoxy) is 1. The predicted octanol–water partition coefficient (Wildman–Crippen LogP) is 4.32. The Balaban J connectivity index is 1.43. The third kappa shape index (κ3) is 5.75. The van der Waals surface area contributed by atoms with E-state index in [2.05, 4.69) is 17.6 Å². The zero-order valence-electron chi connectivity index (χ0n) is 17.8. The van der Waals surface area contributed by atoms with E-state index in [1.807, 2.05) is 53.4 Å². The fourth-order valence-electron chi connectivity index (χ4n) is 3.73. The Morgan fingerprint density at radius 2 is 1.77 bits per heavy atom. The van der Waals surface area contributed by atoms with Gasteiger partial charge in [-0.3, -0.25) is 4.79 Å². The molecule has 0 aromatic heterocycles. The van der Waals surface area contributed by atoms with Gasteiger partial charge in [-0.05, 0) is 55.0 Å². The van der Waals surface area contributed by atoms with E-state index in [0.717, 1.165) is 25.7 Å². The van der Waals surface area contributed by atoms with Crippen LogP contribution in [-0.4, -0.2) is 43.6 Å². The van der Waals surface area contributed by atoms with Gasteiger partial charge in [0.2, 0.25) is 0 Å². The van der Waals surface area contributed by atoms with Crippen molar-refractivity contribution in [3.05, 3.63) is 59.7 Å². The lowest BCUT2D eigenvalue weighted by atomic mass is 9.97. The number of benzene rings is 2. The smallest absolute Gasteiger partial charge is 0.321 e. The number of nitrogens with zero attached hydrogens (tertiary/aromatic N) is 1. The Hall–Kier alpha value is -3.02. The molecule has 0 spiro atoms. The van der Waals surface area contributed by atoms with Crippen molar-refractivity contribution in [1.29, 1.82) is 0 Å². The highest BCUT2D eigenvalue weighted by molar-refractivity contribution is 5.94. The minimum Gasteiger partial charge on any atom is -0.495 e. The average molecular weight is 410 g/mol.